The molecule has 1 atom stereocenters. The van der Waals surface area contributed by atoms with Gasteiger partial charge in [0.15, 0.2) is 0 Å². The lowest BCUT2D eigenvalue weighted by Crippen LogP contribution is -2.16. The van der Waals surface area contributed by atoms with Gasteiger partial charge in [0.1, 0.15) is 0 Å². The second-order valence-corrected chi connectivity index (χ2v) is 7.07. The van der Waals surface area contributed by atoms with Gasteiger partial charge in [-0.1, -0.05) is 6.92 Å². The highest BCUT2D eigenvalue weighted by Gasteiger charge is 2.18. The number of hydrogen-bond donors (Lipinski definition) is 1. The molecule has 0 aliphatic heterocycles. The predicted molar refractivity (Wildman–Crippen MR) is 89.7 cm³/mol. The molecule has 0 spiro atoms. The molecule has 0 radical (unpaired) electrons. The molecule has 1 aromatic carbocycles. The van der Waals surface area contributed by atoms with E-state index in [1.165, 1.54) is 3.57 Å². The van der Waals surface area contributed by atoms with Crippen LogP contribution in [0.25, 0.3) is 0 Å². The number of hydrogen-bond acceptors (Lipinski definition) is 1. The number of benzene rings is 1. The topological polar surface area (TPSA) is 37.3 Å². The molecular weight excluding hydrogens is 545 g/mol. The lowest BCUT2D eigenvalue weighted by Gasteiger charge is -2.13. The Bertz CT molecular complexity index is 381. The van der Waals surface area contributed by atoms with Crippen LogP contribution in [0.2, 0.25) is 0 Å². The third kappa shape index (κ3) is 3.97. The van der Waals surface area contributed by atoms with E-state index in [9.17, 15) is 4.79 Å². The van der Waals surface area contributed by atoms with Crippen molar-refractivity contribution in [3.8, 4) is 0 Å². The van der Waals surface area contributed by atoms with Gasteiger partial charge in [-0.3, -0.25) is 4.79 Å². The number of carboxylic acids is 1. The van der Waals surface area contributed by atoms with Gasteiger partial charge in [0.05, 0.1) is 5.92 Å². The van der Waals surface area contributed by atoms with Gasteiger partial charge in [0, 0.05) is 10.7 Å². The van der Waals surface area contributed by atoms with Crippen molar-refractivity contribution in [1.29, 1.82) is 0 Å². The Hall–Kier alpha value is 0.880. The van der Waals surface area contributed by atoms with Crippen molar-refractivity contribution in [1.82, 2.24) is 0 Å². The molecule has 0 heterocycles. The van der Waals surface area contributed by atoms with Crippen molar-refractivity contribution in [3.63, 3.8) is 0 Å². The zero-order valence-electron chi connectivity index (χ0n) is 8.64. The second kappa shape index (κ2) is 6.72. The molecule has 1 unspecified atom stereocenters. The van der Waals surface area contributed by atoms with Crippen molar-refractivity contribution < 1.29 is 9.90 Å². The second-order valence-electron chi connectivity index (χ2n) is 3.50. The van der Waals surface area contributed by atoms with Gasteiger partial charge in [0.25, 0.3) is 0 Å². The Kier molecular flexibility index (Phi) is 6.27. The average Bonchev–Trinajstić information content (AvgIpc) is 2.15. The predicted octanol–water partition coefficient (Wildman–Crippen LogP) is 4.15. The summed E-state index contributed by atoms with van der Waals surface area (Å²) in [4.78, 5) is 11.0. The Labute approximate surface area is 136 Å². The van der Waals surface area contributed by atoms with Gasteiger partial charge in [-0.05, 0) is 98.3 Å². The molecule has 0 aromatic heterocycles. The molecule has 0 aliphatic rings. The fraction of sp³-hybridized carbons (Fsp3) is 0.364. The van der Waals surface area contributed by atoms with Gasteiger partial charge in [-0.15, -0.1) is 0 Å². The summed E-state index contributed by atoms with van der Waals surface area (Å²) in [6.07, 6.45) is 1.30. The molecule has 0 fully saturated rings. The lowest BCUT2D eigenvalue weighted by atomic mass is 9.97. The minimum atomic E-state index is -0.701. The standard InChI is InChI=1S/C11H11I3O2/c1-2-6(11(15)16)3-8-9(13)4-7(12)5-10(8)14/h4-6H,2-3H2,1H3,(H,15,16). The van der Waals surface area contributed by atoms with Crippen LogP contribution in [0.1, 0.15) is 18.9 Å². The maximum atomic E-state index is 11.0. The van der Waals surface area contributed by atoms with Gasteiger partial charge in [-0.2, -0.15) is 0 Å². The molecular formula is C11H11I3O2. The Morgan fingerprint density at radius 1 is 1.31 bits per heavy atom. The van der Waals surface area contributed by atoms with E-state index in [0.29, 0.717) is 12.8 Å². The van der Waals surface area contributed by atoms with E-state index in [0.717, 1.165) is 12.7 Å². The van der Waals surface area contributed by atoms with Crippen LogP contribution in [-0.2, 0) is 11.2 Å². The smallest absolute Gasteiger partial charge is 0.306 e. The molecule has 1 aromatic rings. The maximum absolute atomic E-state index is 11.0. The lowest BCUT2D eigenvalue weighted by molar-refractivity contribution is -0.141. The number of halogens is 3. The summed E-state index contributed by atoms with van der Waals surface area (Å²) in [5.41, 5.74) is 1.16. The summed E-state index contributed by atoms with van der Waals surface area (Å²) >= 11 is 6.84. The summed E-state index contributed by atoms with van der Waals surface area (Å²) in [5, 5.41) is 9.06. The van der Waals surface area contributed by atoms with Crippen LogP contribution in [0.15, 0.2) is 12.1 Å². The average molecular weight is 556 g/mol. The van der Waals surface area contributed by atoms with Gasteiger partial charge in [-0.25, -0.2) is 0 Å². The van der Waals surface area contributed by atoms with Gasteiger partial charge < -0.3 is 5.11 Å². The van der Waals surface area contributed by atoms with Gasteiger partial charge in [0.2, 0.25) is 0 Å². The molecule has 2 nitrogen and oxygen atoms in total. The van der Waals surface area contributed by atoms with Crippen molar-refractivity contribution in [2.45, 2.75) is 19.8 Å². The quantitative estimate of drug-likeness (QED) is 0.567. The third-order valence-electron chi connectivity index (χ3n) is 2.40. The summed E-state index contributed by atoms with van der Waals surface area (Å²) in [6, 6.07) is 4.18. The molecule has 88 valence electrons. The maximum Gasteiger partial charge on any atom is 0.306 e. The molecule has 0 saturated carbocycles. The van der Waals surface area contributed by atoms with E-state index < -0.39 is 5.97 Å². The highest BCUT2D eigenvalue weighted by molar-refractivity contribution is 14.1. The normalized spacial score (nSPS) is 12.5. The number of carbonyl (C=O) groups is 1. The zero-order chi connectivity index (χ0) is 12.3. The van der Waals surface area contributed by atoms with Crippen LogP contribution in [0, 0.1) is 16.6 Å². The number of rotatable bonds is 4. The van der Waals surface area contributed by atoms with E-state index >= 15 is 0 Å². The SMILES string of the molecule is CCC(Cc1c(I)cc(I)cc1I)C(=O)O. The Balaban J connectivity index is 3.01. The largest absolute Gasteiger partial charge is 0.481 e. The van der Waals surface area contributed by atoms with E-state index in [-0.39, 0.29) is 5.92 Å². The fourth-order valence-electron chi connectivity index (χ4n) is 1.42. The summed E-state index contributed by atoms with van der Waals surface area (Å²) in [6.45, 7) is 1.92. The van der Waals surface area contributed by atoms with Crippen molar-refractivity contribution in [3.05, 3.63) is 28.4 Å². The highest BCUT2D eigenvalue weighted by Crippen LogP contribution is 2.26. The van der Waals surface area contributed by atoms with E-state index in [1.807, 2.05) is 6.92 Å². The van der Waals surface area contributed by atoms with Crippen LogP contribution in [0.3, 0.4) is 0 Å². The van der Waals surface area contributed by atoms with Crippen molar-refractivity contribution >= 4 is 73.7 Å². The van der Waals surface area contributed by atoms with Gasteiger partial charge >= 0.3 is 5.97 Å². The molecule has 5 heteroatoms. The molecule has 1 rings (SSSR count). The van der Waals surface area contributed by atoms with Crippen LogP contribution in [-0.4, -0.2) is 11.1 Å². The van der Waals surface area contributed by atoms with Crippen LogP contribution >= 0.6 is 67.8 Å². The molecule has 0 bridgehead atoms. The Morgan fingerprint density at radius 2 is 1.81 bits per heavy atom. The van der Waals surface area contributed by atoms with E-state index in [1.54, 1.807) is 0 Å². The van der Waals surface area contributed by atoms with E-state index in [2.05, 4.69) is 79.9 Å². The molecule has 16 heavy (non-hydrogen) atoms. The first-order valence-electron chi connectivity index (χ1n) is 4.82. The summed E-state index contributed by atoms with van der Waals surface area (Å²) in [7, 11) is 0. The molecule has 1 N–H and O–H groups in total. The fourth-order valence-corrected chi connectivity index (χ4v) is 5.44. The van der Waals surface area contributed by atoms with Crippen molar-refractivity contribution in [2.24, 2.45) is 5.92 Å². The minimum Gasteiger partial charge on any atom is -0.481 e. The molecule has 0 saturated heterocycles. The minimum absolute atomic E-state index is 0.276. The summed E-state index contributed by atoms with van der Waals surface area (Å²) in [5.74, 6) is -0.977. The number of aliphatic carboxylic acids is 1. The first-order chi connectivity index (χ1) is 7.45. The van der Waals surface area contributed by atoms with Crippen molar-refractivity contribution in [2.75, 3.05) is 0 Å². The molecule has 0 aliphatic carbocycles. The van der Waals surface area contributed by atoms with Crippen LogP contribution in [0.4, 0.5) is 0 Å². The summed E-state index contributed by atoms with van der Waals surface area (Å²) < 4.78 is 3.51. The first-order valence-corrected chi connectivity index (χ1v) is 8.05. The number of carboxylic acid groups (broad SMARTS) is 1. The Morgan fingerprint density at radius 3 is 2.19 bits per heavy atom. The molecule has 0 amide bonds. The zero-order valence-corrected chi connectivity index (χ0v) is 15.1. The first kappa shape index (κ1) is 14.9. The van der Waals surface area contributed by atoms with Crippen LogP contribution in [0.5, 0.6) is 0 Å². The van der Waals surface area contributed by atoms with Crippen LogP contribution < -0.4 is 0 Å². The highest BCUT2D eigenvalue weighted by atomic mass is 127. The third-order valence-corrected chi connectivity index (χ3v) is 4.95. The monoisotopic (exact) mass is 556 g/mol. The van der Waals surface area contributed by atoms with E-state index in [4.69, 9.17) is 5.11 Å².